The molecule has 2 N–H and O–H groups in total. The fraction of sp³-hybridized carbons (Fsp3) is 0.167. The summed E-state index contributed by atoms with van der Waals surface area (Å²) in [6.45, 7) is 4.10. The summed E-state index contributed by atoms with van der Waals surface area (Å²) in [5.41, 5.74) is 2.53. The molecule has 0 spiro atoms. The molecule has 0 fully saturated rings. The van der Waals surface area contributed by atoms with E-state index in [-0.39, 0.29) is 0 Å². The zero-order valence-electron chi connectivity index (χ0n) is 12.3. The van der Waals surface area contributed by atoms with Crippen molar-refractivity contribution >= 4 is 0 Å². The van der Waals surface area contributed by atoms with Gasteiger partial charge in [0.05, 0.1) is 0 Å². The van der Waals surface area contributed by atoms with Crippen molar-refractivity contribution in [2.45, 2.75) is 13.8 Å². The molecule has 0 aliphatic carbocycles. The minimum atomic E-state index is -6.07. The van der Waals surface area contributed by atoms with E-state index >= 15 is 0 Å². The Balaban J connectivity index is 0.000000318. The standard InChI is InChI=1S/2C6H7N.2Cr.7O/c2*1-6-3-2-4-7-5-6;;;;;;;;;/h2*2-5H,1H3;;;;;;;;;/q;;;;;;;;;2*-1/p+2. The van der Waals surface area contributed by atoms with Gasteiger partial charge < -0.3 is 0 Å². The normalized spacial score (nSPS) is 10.6. The van der Waals surface area contributed by atoms with Crippen molar-refractivity contribution in [1.82, 2.24) is 0 Å². The molecular weight excluding hydrogens is 388 g/mol. The molecule has 2 heterocycles. The Morgan fingerprint density at radius 3 is 1.26 bits per heavy atom. The molecule has 0 saturated heterocycles. The van der Waals surface area contributed by atoms with Crippen LogP contribution in [0.3, 0.4) is 0 Å². The molecule has 0 aliphatic heterocycles. The molecule has 0 aromatic carbocycles. The van der Waals surface area contributed by atoms with Crippen molar-refractivity contribution in [1.29, 1.82) is 0 Å². The van der Waals surface area contributed by atoms with Crippen molar-refractivity contribution in [3.8, 4) is 0 Å². The van der Waals surface area contributed by atoms with Gasteiger partial charge in [0.25, 0.3) is 0 Å². The second-order valence-corrected chi connectivity index (χ2v) is 7.68. The summed E-state index contributed by atoms with van der Waals surface area (Å²) in [4.78, 5) is 5.92. The second-order valence-electron chi connectivity index (χ2n) is 4.05. The van der Waals surface area contributed by atoms with Gasteiger partial charge in [0, 0.05) is 23.3 Å². The molecular formula is C12H16Cr2N2O7. The van der Waals surface area contributed by atoms with E-state index in [1.807, 2.05) is 36.9 Å². The third kappa shape index (κ3) is 16.6. The predicted octanol–water partition coefficient (Wildman–Crippen LogP) is -1.31. The second kappa shape index (κ2) is 10.3. The van der Waals surface area contributed by atoms with E-state index < -0.39 is 27.2 Å². The van der Waals surface area contributed by atoms with Crippen LogP contribution in [0.2, 0.25) is 0 Å². The van der Waals surface area contributed by atoms with Gasteiger partial charge in [-0.2, -0.15) is 0 Å². The summed E-state index contributed by atoms with van der Waals surface area (Å²) >= 11 is -12.1. The van der Waals surface area contributed by atoms with Crippen LogP contribution < -0.4 is 18.3 Å². The summed E-state index contributed by atoms with van der Waals surface area (Å²) in [6, 6.07) is 8.07. The molecule has 0 radical (unpaired) electrons. The van der Waals surface area contributed by atoms with Gasteiger partial charge in [-0.05, 0) is 26.0 Å². The molecule has 0 amide bonds. The molecule has 0 aliphatic rings. The van der Waals surface area contributed by atoms with Crippen LogP contribution in [0.1, 0.15) is 11.1 Å². The van der Waals surface area contributed by atoms with Crippen LogP contribution in [-0.4, -0.2) is 0 Å². The van der Waals surface area contributed by atoms with Gasteiger partial charge >= 0.3 is 53.6 Å². The Hall–Kier alpha value is -1.56. The van der Waals surface area contributed by atoms with Crippen molar-refractivity contribution < 1.29 is 63.6 Å². The Labute approximate surface area is 137 Å². The number of hydrogen-bond donors (Lipinski definition) is 0. The number of pyridine rings is 2. The number of aryl methyl sites for hydroxylation is 2. The summed E-state index contributed by atoms with van der Waals surface area (Å²) in [5.74, 6) is 0. The van der Waals surface area contributed by atoms with Gasteiger partial charge in [-0.15, -0.1) is 0 Å². The molecule has 2 rings (SSSR count). The fourth-order valence-electron chi connectivity index (χ4n) is 1.07. The molecule has 0 saturated carbocycles. The van der Waals surface area contributed by atoms with Crippen LogP contribution in [0.4, 0.5) is 0 Å². The number of hydrogen-bond acceptors (Lipinski definition) is 7. The molecule has 9 nitrogen and oxygen atoms in total. The summed E-state index contributed by atoms with van der Waals surface area (Å²) in [7, 11) is 0. The minimum absolute atomic E-state index is 1.27. The molecule has 2 aromatic heterocycles. The molecule has 0 atom stereocenters. The van der Waals surface area contributed by atoms with Gasteiger partial charge in [-0.1, -0.05) is 0 Å². The SMILES string of the molecule is Cc1ccc[nH+]c1.Cc1ccc[nH+]c1.[O]=[Cr](=[O])([O-])[O][Cr](=[O])(=[O])[O-]. The van der Waals surface area contributed by atoms with E-state index in [1.54, 1.807) is 0 Å². The van der Waals surface area contributed by atoms with Crippen molar-refractivity contribution in [2.24, 2.45) is 0 Å². The molecule has 11 heteroatoms. The van der Waals surface area contributed by atoms with Gasteiger partial charge in [-0.25, -0.2) is 9.97 Å². The van der Waals surface area contributed by atoms with Crippen LogP contribution in [-0.2, 0) is 45.3 Å². The van der Waals surface area contributed by atoms with Crippen LogP contribution in [0.25, 0.3) is 0 Å². The zero-order chi connectivity index (χ0) is 17.9. The first-order valence-electron chi connectivity index (χ1n) is 5.98. The number of H-pyrrole nitrogens is 2. The third-order valence-corrected chi connectivity index (χ3v) is 4.56. The number of rotatable bonds is 2. The molecule has 23 heavy (non-hydrogen) atoms. The predicted molar refractivity (Wildman–Crippen MR) is 59.3 cm³/mol. The first-order valence-corrected chi connectivity index (χ1v) is 10.1. The Morgan fingerprint density at radius 2 is 1.17 bits per heavy atom. The first kappa shape index (κ1) is 21.4. The molecule has 0 bridgehead atoms. The number of nitrogens with one attached hydrogen (secondary N) is 2. The van der Waals surface area contributed by atoms with E-state index in [0.717, 1.165) is 0 Å². The zero-order valence-corrected chi connectivity index (χ0v) is 14.8. The van der Waals surface area contributed by atoms with Crippen LogP contribution in [0, 0.1) is 13.8 Å². The summed E-state index contributed by atoms with van der Waals surface area (Å²) < 4.78 is 58.9. The quantitative estimate of drug-likeness (QED) is 0.603. The van der Waals surface area contributed by atoms with Gasteiger partial charge in [0.1, 0.15) is 0 Å². The van der Waals surface area contributed by atoms with Crippen LogP contribution in [0.15, 0.2) is 49.1 Å². The van der Waals surface area contributed by atoms with Crippen LogP contribution >= 0.6 is 0 Å². The van der Waals surface area contributed by atoms with E-state index in [2.05, 4.69) is 38.8 Å². The molecule has 128 valence electrons. The van der Waals surface area contributed by atoms with Gasteiger partial charge in [-0.3, -0.25) is 0 Å². The van der Waals surface area contributed by atoms with Gasteiger partial charge in [0.2, 0.25) is 0 Å². The van der Waals surface area contributed by atoms with Crippen molar-refractivity contribution in [2.75, 3.05) is 0 Å². The average Bonchev–Trinajstić information content (AvgIpc) is 2.37. The van der Waals surface area contributed by atoms with Crippen LogP contribution in [0.5, 0.6) is 0 Å². The third-order valence-electron chi connectivity index (χ3n) is 1.89. The average molecular weight is 404 g/mol. The monoisotopic (exact) mass is 404 g/mol. The van der Waals surface area contributed by atoms with Crippen molar-refractivity contribution in [3.05, 3.63) is 60.2 Å². The van der Waals surface area contributed by atoms with E-state index in [4.69, 9.17) is 0 Å². The number of aromatic amines is 2. The topological polar surface area (TPSA) is 152 Å². The molecule has 2 aromatic rings. The number of aromatic nitrogens is 2. The van der Waals surface area contributed by atoms with E-state index in [0.29, 0.717) is 0 Å². The maximum atomic E-state index is 9.38. The van der Waals surface area contributed by atoms with Crippen molar-refractivity contribution in [3.63, 3.8) is 0 Å². The van der Waals surface area contributed by atoms with E-state index in [9.17, 15) is 23.5 Å². The Morgan fingerprint density at radius 1 is 0.826 bits per heavy atom. The fourth-order valence-corrected chi connectivity index (χ4v) is 2.70. The Kier molecular flexibility index (Phi) is 9.57. The van der Waals surface area contributed by atoms with Gasteiger partial charge in [0.15, 0.2) is 24.8 Å². The first-order chi connectivity index (χ1) is 10.5. The molecule has 0 unspecified atom stereocenters. The maximum absolute atomic E-state index is 9.38. The van der Waals surface area contributed by atoms with E-state index in [1.165, 1.54) is 11.1 Å². The Bertz CT molecular complexity index is 696. The summed E-state index contributed by atoms with van der Waals surface area (Å²) in [5, 5.41) is 0. The summed E-state index contributed by atoms with van der Waals surface area (Å²) in [6.07, 6.45) is 7.71.